The highest BCUT2D eigenvalue weighted by Gasteiger charge is 2.24. The van der Waals surface area contributed by atoms with E-state index in [2.05, 4.69) is 40.0 Å². The van der Waals surface area contributed by atoms with E-state index in [1.165, 1.54) is 11.3 Å². The quantitative estimate of drug-likeness (QED) is 0.353. The van der Waals surface area contributed by atoms with E-state index in [0.717, 1.165) is 54.1 Å². The third-order valence-corrected chi connectivity index (χ3v) is 7.91. The summed E-state index contributed by atoms with van der Waals surface area (Å²) in [5, 5.41) is 12.4. The molecule has 1 amide bonds. The number of piperazine rings is 1. The number of aromatic nitrogens is 4. The number of thiazole rings is 1. The number of amides is 1. The first kappa shape index (κ1) is 22.8. The summed E-state index contributed by atoms with van der Waals surface area (Å²) in [7, 11) is 0. The molecule has 10 heteroatoms. The van der Waals surface area contributed by atoms with Crippen molar-refractivity contribution in [3.05, 3.63) is 64.3 Å². The fourth-order valence-corrected chi connectivity index (χ4v) is 5.72. The van der Waals surface area contributed by atoms with Crippen molar-refractivity contribution in [2.45, 2.75) is 24.8 Å². The third-order valence-electron chi connectivity index (χ3n) is 5.93. The maximum absolute atomic E-state index is 12.9. The molecule has 1 aliphatic rings. The van der Waals surface area contributed by atoms with Gasteiger partial charge >= 0.3 is 0 Å². The van der Waals surface area contributed by atoms with Gasteiger partial charge in [0, 0.05) is 31.6 Å². The Bertz CT molecular complexity index is 1260. The predicted octanol–water partition coefficient (Wildman–Crippen LogP) is 4.36. The largest absolute Gasteiger partial charge is 0.461 e. The molecule has 1 aromatic carbocycles. The number of aryl methyl sites for hydroxylation is 1. The number of para-hydroxylation sites is 1. The first-order valence-corrected chi connectivity index (χ1v) is 13.1. The van der Waals surface area contributed by atoms with Crippen LogP contribution in [0, 0.1) is 6.92 Å². The van der Waals surface area contributed by atoms with E-state index in [4.69, 9.17) is 4.42 Å². The highest BCUT2D eigenvalue weighted by Crippen LogP contribution is 2.31. The normalized spacial score (nSPS) is 14.6. The molecule has 34 heavy (non-hydrogen) atoms. The predicted molar refractivity (Wildman–Crippen MR) is 133 cm³/mol. The Balaban J connectivity index is 1.33. The molecule has 0 aliphatic carbocycles. The molecule has 176 valence electrons. The molecule has 0 unspecified atom stereocenters. The van der Waals surface area contributed by atoms with Gasteiger partial charge in [0.15, 0.2) is 10.9 Å². The summed E-state index contributed by atoms with van der Waals surface area (Å²) in [5.74, 6) is 1.94. The van der Waals surface area contributed by atoms with Crippen molar-refractivity contribution >= 4 is 29.0 Å². The minimum Gasteiger partial charge on any atom is -0.461 e. The summed E-state index contributed by atoms with van der Waals surface area (Å²) in [6.07, 6.45) is 1.63. The van der Waals surface area contributed by atoms with Crippen molar-refractivity contribution in [1.82, 2.24) is 29.5 Å². The summed E-state index contributed by atoms with van der Waals surface area (Å²) in [6, 6.07) is 11.9. The lowest BCUT2D eigenvalue weighted by atomic mass is 10.2. The summed E-state index contributed by atoms with van der Waals surface area (Å²) in [6.45, 7) is 8.58. The van der Waals surface area contributed by atoms with Gasteiger partial charge in [0.2, 0.25) is 5.82 Å². The maximum atomic E-state index is 12.9. The smallest absolute Gasteiger partial charge is 0.273 e. The second kappa shape index (κ2) is 10.1. The van der Waals surface area contributed by atoms with Gasteiger partial charge in [-0.2, -0.15) is 0 Å². The zero-order chi connectivity index (χ0) is 23.5. The second-order valence-electron chi connectivity index (χ2n) is 8.05. The number of likely N-dealkylation sites (N-methyl/N-ethyl adjacent to an activating group) is 1. The molecule has 4 aromatic rings. The number of nitrogens with zero attached hydrogens (tertiary/aromatic N) is 6. The first-order chi connectivity index (χ1) is 16.6. The van der Waals surface area contributed by atoms with Gasteiger partial charge in [-0.3, -0.25) is 9.36 Å². The molecule has 3 aromatic heterocycles. The standard InChI is InChI=1S/C24H26N6O2S2/c1-3-28-10-12-29(13-11-28)23(31)18-15-33-21(25-18)16-34-24-27-26-22(20-9-6-14-32-20)30(24)19-8-5-4-7-17(19)2/h4-9,14-15H,3,10-13,16H2,1-2H3. The zero-order valence-electron chi connectivity index (χ0n) is 19.2. The summed E-state index contributed by atoms with van der Waals surface area (Å²) < 4.78 is 7.63. The number of furan rings is 1. The first-order valence-electron chi connectivity index (χ1n) is 11.3. The molecule has 0 N–H and O–H groups in total. The van der Waals surface area contributed by atoms with Gasteiger partial charge in [0.1, 0.15) is 10.7 Å². The van der Waals surface area contributed by atoms with E-state index in [1.54, 1.807) is 18.0 Å². The van der Waals surface area contributed by atoms with Crippen LogP contribution in [-0.2, 0) is 5.75 Å². The van der Waals surface area contributed by atoms with Gasteiger partial charge in [-0.15, -0.1) is 21.5 Å². The fraction of sp³-hybridized carbons (Fsp3) is 0.333. The van der Waals surface area contributed by atoms with Crippen LogP contribution in [0.25, 0.3) is 17.3 Å². The molecule has 1 saturated heterocycles. The van der Waals surface area contributed by atoms with E-state index in [-0.39, 0.29) is 5.91 Å². The number of hydrogen-bond donors (Lipinski definition) is 0. The Kier molecular flexibility index (Phi) is 6.80. The van der Waals surface area contributed by atoms with Gasteiger partial charge in [-0.25, -0.2) is 4.98 Å². The Morgan fingerprint density at radius 1 is 1.12 bits per heavy atom. The van der Waals surface area contributed by atoms with Crippen LogP contribution in [0.4, 0.5) is 0 Å². The Labute approximate surface area is 206 Å². The molecule has 1 fully saturated rings. The van der Waals surface area contributed by atoms with E-state index in [0.29, 0.717) is 23.0 Å². The van der Waals surface area contributed by atoms with Crippen molar-refractivity contribution in [3.63, 3.8) is 0 Å². The SMILES string of the molecule is CCN1CCN(C(=O)c2csc(CSc3nnc(-c4ccco4)n3-c3ccccc3C)n2)CC1. The Morgan fingerprint density at radius 3 is 2.68 bits per heavy atom. The third kappa shape index (κ3) is 4.66. The lowest BCUT2D eigenvalue weighted by Crippen LogP contribution is -2.48. The van der Waals surface area contributed by atoms with Crippen molar-refractivity contribution in [3.8, 4) is 17.3 Å². The van der Waals surface area contributed by atoms with Gasteiger partial charge in [0.05, 0.1) is 17.7 Å². The minimum absolute atomic E-state index is 0.0198. The average molecular weight is 495 g/mol. The van der Waals surface area contributed by atoms with Crippen LogP contribution < -0.4 is 0 Å². The lowest BCUT2D eigenvalue weighted by Gasteiger charge is -2.33. The number of thioether (sulfide) groups is 1. The van der Waals surface area contributed by atoms with Crippen LogP contribution in [0.15, 0.2) is 57.6 Å². The van der Waals surface area contributed by atoms with Crippen LogP contribution in [0.1, 0.15) is 28.0 Å². The van der Waals surface area contributed by atoms with Gasteiger partial charge in [-0.05, 0) is 37.2 Å². The van der Waals surface area contributed by atoms with E-state index < -0.39 is 0 Å². The molecule has 0 bridgehead atoms. The van der Waals surface area contributed by atoms with Crippen LogP contribution in [0.5, 0.6) is 0 Å². The van der Waals surface area contributed by atoms with Crippen molar-refractivity contribution in [1.29, 1.82) is 0 Å². The molecular weight excluding hydrogens is 468 g/mol. The molecular formula is C24H26N6O2S2. The minimum atomic E-state index is 0.0198. The molecule has 0 spiro atoms. The second-order valence-corrected chi connectivity index (χ2v) is 9.93. The number of hydrogen-bond acceptors (Lipinski definition) is 8. The van der Waals surface area contributed by atoms with Crippen LogP contribution in [-0.4, -0.2) is 68.2 Å². The molecule has 1 aliphatic heterocycles. The average Bonchev–Trinajstić information content (AvgIpc) is 3.63. The lowest BCUT2D eigenvalue weighted by molar-refractivity contribution is 0.0638. The number of carbonyl (C=O) groups excluding carboxylic acids is 1. The number of carbonyl (C=O) groups is 1. The van der Waals surface area contributed by atoms with E-state index in [9.17, 15) is 4.79 Å². The van der Waals surface area contributed by atoms with Gasteiger partial charge < -0.3 is 14.2 Å². The topological polar surface area (TPSA) is 80.3 Å². The molecule has 5 rings (SSSR count). The van der Waals surface area contributed by atoms with Gasteiger partial charge in [-0.1, -0.05) is 36.9 Å². The van der Waals surface area contributed by atoms with Crippen LogP contribution in [0.2, 0.25) is 0 Å². The summed E-state index contributed by atoms with van der Waals surface area (Å²) >= 11 is 3.06. The van der Waals surface area contributed by atoms with Crippen molar-refractivity contribution in [2.24, 2.45) is 0 Å². The Hall–Kier alpha value is -2.95. The monoisotopic (exact) mass is 494 g/mol. The summed E-state index contributed by atoms with van der Waals surface area (Å²) in [4.78, 5) is 21.8. The van der Waals surface area contributed by atoms with E-state index in [1.807, 2.05) is 45.2 Å². The molecule has 8 nitrogen and oxygen atoms in total. The number of rotatable bonds is 7. The van der Waals surface area contributed by atoms with E-state index >= 15 is 0 Å². The van der Waals surface area contributed by atoms with Gasteiger partial charge in [0.25, 0.3) is 5.91 Å². The molecule has 4 heterocycles. The maximum Gasteiger partial charge on any atom is 0.273 e. The Morgan fingerprint density at radius 2 is 1.94 bits per heavy atom. The van der Waals surface area contributed by atoms with Crippen LogP contribution in [0.3, 0.4) is 0 Å². The molecule has 0 saturated carbocycles. The number of benzene rings is 1. The van der Waals surface area contributed by atoms with Crippen molar-refractivity contribution < 1.29 is 9.21 Å². The zero-order valence-corrected chi connectivity index (χ0v) is 20.8. The highest BCUT2D eigenvalue weighted by molar-refractivity contribution is 7.98. The highest BCUT2D eigenvalue weighted by atomic mass is 32.2. The van der Waals surface area contributed by atoms with Crippen molar-refractivity contribution in [2.75, 3.05) is 32.7 Å². The summed E-state index contributed by atoms with van der Waals surface area (Å²) in [5.41, 5.74) is 2.65. The molecule has 0 radical (unpaired) electrons. The van der Waals surface area contributed by atoms with Crippen LogP contribution >= 0.6 is 23.1 Å². The molecule has 0 atom stereocenters. The fourth-order valence-electron chi connectivity index (χ4n) is 3.99.